The van der Waals surface area contributed by atoms with Gasteiger partial charge in [0.1, 0.15) is 5.56 Å². The number of nitrogens with one attached hydrogen (secondary N) is 2. The number of amides is 1. The molecule has 1 atom stereocenters. The number of aliphatic hydroxyl groups is 1. The average Bonchev–Trinajstić information content (AvgIpc) is 2.47. The van der Waals surface area contributed by atoms with Crippen molar-refractivity contribution in [3.8, 4) is 0 Å². The Balaban J connectivity index is 2.41. The van der Waals surface area contributed by atoms with Gasteiger partial charge in [-0.25, -0.2) is 0 Å². The smallest absolute Gasteiger partial charge is 0.257 e. The summed E-state index contributed by atoms with van der Waals surface area (Å²) in [5, 5.41) is 12.5. The Morgan fingerprint density at radius 3 is 2.75 bits per heavy atom. The van der Waals surface area contributed by atoms with E-state index in [4.69, 9.17) is 0 Å². The summed E-state index contributed by atoms with van der Waals surface area (Å²) in [6.45, 7) is 3.42. The highest BCUT2D eigenvalue weighted by Crippen LogP contribution is 2.10. The minimum Gasteiger partial charge on any atom is -0.394 e. The van der Waals surface area contributed by atoms with Gasteiger partial charge < -0.3 is 15.4 Å². The van der Waals surface area contributed by atoms with Crippen LogP contribution in [0.25, 0.3) is 10.9 Å². The molecule has 0 radical (unpaired) electrons. The zero-order valence-corrected chi connectivity index (χ0v) is 11.6. The number of H-pyrrole nitrogens is 1. The van der Waals surface area contributed by atoms with Crippen LogP contribution in [0.3, 0.4) is 0 Å². The van der Waals surface area contributed by atoms with Gasteiger partial charge in [0.15, 0.2) is 0 Å². The van der Waals surface area contributed by atoms with Gasteiger partial charge in [0.05, 0.1) is 12.1 Å². The van der Waals surface area contributed by atoms with Crippen LogP contribution in [0.2, 0.25) is 0 Å². The highest BCUT2D eigenvalue weighted by atomic mass is 16.3. The topological polar surface area (TPSA) is 82.2 Å². The van der Waals surface area contributed by atoms with Gasteiger partial charge in [-0.3, -0.25) is 9.59 Å². The van der Waals surface area contributed by atoms with Gasteiger partial charge in [0.25, 0.3) is 5.91 Å². The third-order valence-corrected chi connectivity index (χ3v) is 3.58. The minimum atomic E-state index is -0.727. The number of aromatic amines is 1. The Hall–Kier alpha value is -2.14. The molecule has 106 valence electrons. The standard InChI is InChI=1S/C15H18N2O3/c1-3-15(2,9-18)17-14(20)11-8-16-12-7-5-4-6-10(12)13(11)19/h4-8,18H,3,9H2,1-2H3,(H,16,19)(H,17,20). The molecule has 3 N–H and O–H groups in total. The first kappa shape index (κ1) is 14.3. The predicted molar refractivity (Wildman–Crippen MR) is 77.8 cm³/mol. The maximum Gasteiger partial charge on any atom is 0.257 e. The molecule has 0 fully saturated rings. The van der Waals surface area contributed by atoms with Crippen LogP contribution in [0.5, 0.6) is 0 Å². The maximum absolute atomic E-state index is 12.3. The summed E-state index contributed by atoms with van der Waals surface area (Å²) >= 11 is 0. The third-order valence-electron chi connectivity index (χ3n) is 3.58. The molecular formula is C15H18N2O3. The Morgan fingerprint density at radius 1 is 1.40 bits per heavy atom. The molecule has 0 saturated heterocycles. The number of para-hydroxylation sites is 1. The zero-order chi connectivity index (χ0) is 14.8. The molecule has 0 aliphatic rings. The van der Waals surface area contributed by atoms with Gasteiger partial charge >= 0.3 is 0 Å². The fourth-order valence-corrected chi connectivity index (χ4v) is 1.92. The number of benzene rings is 1. The first-order valence-corrected chi connectivity index (χ1v) is 6.54. The normalized spacial score (nSPS) is 13.9. The van der Waals surface area contributed by atoms with Crippen molar-refractivity contribution in [2.75, 3.05) is 6.61 Å². The van der Waals surface area contributed by atoms with E-state index in [1.54, 1.807) is 25.1 Å². The molecule has 0 saturated carbocycles. The Bertz CT molecular complexity index is 687. The highest BCUT2D eigenvalue weighted by molar-refractivity contribution is 5.97. The number of rotatable bonds is 4. The number of hydrogen-bond acceptors (Lipinski definition) is 3. The molecule has 1 aromatic heterocycles. The van der Waals surface area contributed by atoms with Crippen LogP contribution >= 0.6 is 0 Å². The second-order valence-electron chi connectivity index (χ2n) is 5.10. The molecule has 1 amide bonds. The molecule has 1 heterocycles. The van der Waals surface area contributed by atoms with E-state index in [9.17, 15) is 14.7 Å². The van der Waals surface area contributed by atoms with E-state index < -0.39 is 11.4 Å². The van der Waals surface area contributed by atoms with E-state index in [0.29, 0.717) is 17.3 Å². The molecule has 2 aromatic rings. The molecule has 20 heavy (non-hydrogen) atoms. The molecule has 0 aliphatic heterocycles. The van der Waals surface area contributed by atoms with Crippen molar-refractivity contribution >= 4 is 16.8 Å². The second-order valence-corrected chi connectivity index (χ2v) is 5.10. The predicted octanol–water partition coefficient (Wildman–Crippen LogP) is 1.42. The van der Waals surface area contributed by atoms with Gasteiger partial charge in [-0.1, -0.05) is 19.1 Å². The van der Waals surface area contributed by atoms with E-state index in [-0.39, 0.29) is 17.6 Å². The average molecular weight is 274 g/mol. The van der Waals surface area contributed by atoms with E-state index >= 15 is 0 Å². The van der Waals surface area contributed by atoms with Gasteiger partial charge in [0.2, 0.25) is 5.43 Å². The van der Waals surface area contributed by atoms with Crippen LogP contribution in [-0.2, 0) is 0 Å². The minimum absolute atomic E-state index is 0.0526. The SMILES string of the molecule is CCC(C)(CO)NC(=O)c1c[nH]c2ccccc2c1=O. The molecule has 0 aliphatic carbocycles. The number of aromatic nitrogens is 1. The van der Waals surface area contributed by atoms with E-state index in [1.165, 1.54) is 6.20 Å². The number of fused-ring (bicyclic) bond motifs is 1. The lowest BCUT2D eigenvalue weighted by molar-refractivity contribution is 0.0846. The fraction of sp³-hybridized carbons (Fsp3) is 0.333. The van der Waals surface area contributed by atoms with Crippen LogP contribution < -0.4 is 10.7 Å². The van der Waals surface area contributed by atoms with E-state index in [0.717, 1.165) is 0 Å². The Kier molecular flexibility index (Phi) is 3.90. The molecule has 1 aromatic carbocycles. The van der Waals surface area contributed by atoms with Crippen LogP contribution in [0.4, 0.5) is 0 Å². The fourth-order valence-electron chi connectivity index (χ4n) is 1.92. The monoisotopic (exact) mass is 274 g/mol. The first-order chi connectivity index (χ1) is 9.50. The van der Waals surface area contributed by atoms with Crippen molar-refractivity contribution in [1.82, 2.24) is 10.3 Å². The van der Waals surface area contributed by atoms with Crippen molar-refractivity contribution in [2.45, 2.75) is 25.8 Å². The zero-order valence-electron chi connectivity index (χ0n) is 11.6. The molecule has 2 rings (SSSR count). The number of carbonyl (C=O) groups is 1. The van der Waals surface area contributed by atoms with Crippen molar-refractivity contribution in [3.63, 3.8) is 0 Å². The van der Waals surface area contributed by atoms with Gasteiger partial charge in [0, 0.05) is 17.1 Å². The van der Waals surface area contributed by atoms with E-state index in [2.05, 4.69) is 10.3 Å². The quantitative estimate of drug-likeness (QED) is 0.788. The van der Waals surface area contributed by atoms with Crippen LogP contribution in [0.15, 0.2) is 35.3 Å². The largest absolute Gasteiger partial charge is 0.394 e. The Morgan fingerprint density at radius 2 is 2.10 bits per heavy atom. The van der Waals surface area contributed by atoms with Gasteiger partial charge in [-0.2, -0.15) is 0 Å². The van der Waals surface area contributed by atoms with Crippen LogP contribution in [0, 0.1) is 0 Å². The number of aliphatic hydroxyl groups excluding tert-OH is 1. The lowest BCUT2D eigenvalue weighted by Gasteiger charge is -2.27. The summed E-state index contributed by atoms with van der Waals surface area (Å²) in [4.78, 5) is 27.4. The summed E-state index contributed by atoms with van der Waals surface area (Å²) in [7, 11) is 0. The van der Waals surface area contributed by atoms with E-state index in [1.807, 2.05) is 13.0 Å². The molecule has 5 heteroatoms. The summed E-state index contributed by atoms with van der Waals surface area (Å²) in [6, 6.07) is 7.03. The number of hydrogen-bond donors (Lipinski definition) is 3. The van der Waals surface area contributed by atoms with Crippen molar-refractivity contribution in [2.24, 2.45) is 0 Å². The second kappa shape index (κ2) is 5.46. The summed E-state index contributed by atoms with van der Waals surface area (Å²) in [5.74, 6) is -0.476. The van der Waals surface area contributed by atoms with Crippen LogP contribution in [0.1, 0.15) is 30.6 Å². The third kappa shape index (κ3) is 2.58. The Labute approximate surface area is 116 Å². The summed E-state index contributed by atoms with van der Waals surface area (Å²) < 4.78 is 0. The summed E-state index contributed by atoms with van der Waals surface area (Å²) in [6.07, 6.45) is 1.98. The molecular weight excluding hydrogens is 256 g/mol. The summed E-state index contributed by atoms with van der Waals surface area (Å²) in [5.41, 5.74) is -0.297. The lowest BCUT2D eigenvalue weighted by Crippen LogP contribution is -2.49. The molecule has 1 unspecified atom stereocenters. The number of carbonyl (C=O) groups excluding carboxylic acids is 1. The number of pyridine rings is 1. The molecule has 0 spiro atoms. The van der Waals surface area contributed by atoms with Crippen molar-refractivity contribution in [3.05, 3.63) is 46.2 Å². The maximum atomic E-state index is 12.3. The first-order valence-electron chi connectivity index (χ1n) is 6.54. The van der Waals surface area contributed by atoms with Crippen LogP contribution in [-0.4, -0.2) is 28.1 Å². The highest BCUT2D eigenvalue weighted by Gasteiger charge is 2.25. The van der Waals surface area contributed by atoms with Crippen molar-refractivity contribution < 1.29 is 9.90 Å². The van der Waals surface area contributed by atoms with Crippen molar-refractivity contribution in [1.29, 1.82) is 0 Å². The van der Waals surface area contributed by atoms with Gasteiger partial charge in [-0.15, -0.1) is 0 Å². The molecule has 5 nitrogen and oxygen atoms in total. The molecule has 0 bridgehead atoms. The lowest BCUT2D eigenvalue weighted by atomic mass is 9.99. The van der Waals surface area contributed by atoms with Gasteiger partial charge in [-0.05, 0) is 25.5 Å².